The van der Waals surface area contributed by atoms with Crippen LogP contribution >= 0.6 is 11.6 Å². The lowest BCUT2D eigenvalue weighted by atomic mass is 10.0. The molecule has 2 heterocycles. The molecule has 3 unspecified atom stereocenters. The average Bonchev–Trinajstić information content (AvgIpc) is 3.39. The van der Waals surface area contributed by atoms with Crippen LogP contribution in [0.3, 0.4) is 0 Å². The van der Waals surface area contributed by atoms with E-state index >= 15 is 0 Å². The fourth-order valence-electron chi connectivity index (χ4n) is 4.80. The highest BCUT2D eigenvalue weighted by Gasteiger charge is 2.63. The van der Waals surface area contributed by atoms with E-state index in [1.807, 2.05) is 0 Å². The number of carbonyl (C=O) groups is 1. The Morgan fingerprint density at radius 2 is 1.26 bits per heavy atom. The highest BCUT2D eigenvalue weighted by atomic mass is 35.5. The van der Waals surface area contributed by atoms with Gasteiger partial charge in [0.1, 0.15) is 5.25 Å². The quantitative estimate of drug-likeness (QED) is 0.515. The number of benzene rings is 3. The molecule has 0 spiro atoms. The van der Waals surface area contributed by atoms with Crippen molar-refractivity contribution in [1.82, 2.24) is 10.0 Å². The highest BCUT2D eigenvalue weighted by molar-refractivity contribution is 7.96. The molecule has 34 heavy (non-hydrogen) atoms. The van der Waals surface area contributed by atoms with Crippen LogP contribution in [0, 0.1) is 0 Å². The van der Waals surface area contributed by atoms with E-state index in [1.54, 1.807) is 65.7 Å². The van der Waals surface area contributed by atoms with Gasteiger partial charge in [0.05, 0.1) is 15.8 Å². The van der Waals surface area contributed by atoms with E-state index in [0.29, 0.717) is 10.6 Å². The first-order valence-electron chi connectivity index (χ1n) is 10.7. The fourth-order valence-corrected chi connectivity index (χ4v) is 9.65. The first-order valence-corrected chi connectivity index (χ1v) is 14.1. The van der Waals surface area contributed by atoms with Crippen LogP contribution in [0.2, 0.25) is 5.02 Å². The minimum absolute atomic E-state index is 0.0138. The van der Waals surface area contributed by atoms with Gasteiger partial charge in [-0.2, -0.15) is 0 Å². The summed E-state index contributed by atoms with van der Waals surface area (Å²) >= 11 is 6.50. The van der Waals surface area contributed by atoms with Crippen LogP contribution in [0.4, 0.5) is 0 Å². The highest BCUT2D eigenvalue weighted by Crippen LogP contribution is 2.49. The molecular weight excluding hydrogens is 496 g/mol. The van der Waals surface area contributed by atoms with Crippen molar-refractivity contribution in [3.63, 3.8) is 0 Å². The van der Waals surface area contributed by atoms with Gasteiger partial charge < -0.3 is 0 Å². The van der Waals surface area contributed by atoms with Gasteiger partial charge in [-0.3, -0.25) is 9.80 Å². The molecule has 0 aromatic heterocycles. The number of nitrogens with zero attached hydrogens (tertiary/aromatic N) is 2. The number of amides is 1. The molecule has 1 amide bonds. The summed E-state index contributed by atoms with van der Waals surface area (Å²) in [5.74, 6) is -0.438. The summed E-state index contributed by atoms with van der Waals surface area (Å²) in [7, 11) is -8.51. The lowest BCUT2D eigenvalue weighted by Gasteiger charge is -2.27. The van der Waals surface area contributed by atoms with E-state index in [1.165, 1.54) is 24.3 Å². The van der Waals surface area contributed by atoms with Crippen molar-refractivity contribution in [1.29, 1.82) is 0 Å². The molecule has 2 saturated heterocycles. The van der Waals surface area contributed by atoms with E-state index in [-0.39, 0.29) is 22.8 Å². The molecule has 0 saturated carbocycles. The van der Waals surface area contributed by atoms with E-state index in [0.717, 1.165) is 5.01 Å². The molecule has 3 atom stereocenters. The van der Waals surface area contributed by atoms with Gasteiger partial charge in [-0.1, -0.05) is 66.2 Å². The van der Waals surface area contributed by atoms with Crippen LogP contribution in [0.15, 0.2) is 94.7 Å². The van der Waals surface area contributed by atoms with Crippen LogP contribution in [0.5, 0.6) is 0 Å². The van der Waals surface area contributed by atoms with Gasteiger partial charge in [0.15, 0.2) is 15.2 Å². The second-order valence-electron chi connectivity index (χ2n) is 8.19. The monoisotopic (exact) mass is 516 g/mol. The van der Waals surface area contributed by atoms with E-state index in [2.05, 4.69) is 0 Å². The maximum Gasteiger partial charge on any atom is 0.239 e. The largest absolute Gasteiger partial charge is 0.273 e. The van der Waals surface area contributed by atoms with Gasteiger partial charge in [-0.15, -0.1) is 0 Å². The summed E-state index contributed by atoms with van der Waals surface area (Å²) in [4.78, 5) is 12.9. The van der Waals surface area contributed by atoms with Gasteiger partial charge in [0.25, 0.3) is 0 Å². The smallest absolute Gasteiger partial charge is 0.239 e. The topological polar surface area (TPSA) is 91.8 Å². The third kappa shape index (κ3) is 3.54. The van der Waals surface area contributed by atoms with Crippen molar-refractivity contribution >= 4 is 37.2 Å². The lowest BCUT2D eigenvalue weighted by molar-refractivity contribution is -0.136. The van der Waals surface area contributed by atoms with Gasteiger partial charge in [-0.05, 0) is 35.9 Å². The molecule has 2 aliphatic rings. The number of carbonyl (C=O) groups excluding carboxylic acids is 1. The molecule has 7 nitrogen and oxygen atoms in total. The van der Waals surface area contributed by atoms with Crippen molar-refractivity contribution in [2.75, 3.05) is 6.54 Å². The Morgan fingerprint density at radius 3 is 1.85 bits per heavy atom. The normalized spacial score (nSPS) is 23.3. The van der Waals surface area contributed by atoms with Crippen LogP contribution in [0.25, 0.3) is 0 Å². The molecule has 176 valence electrons. The number of fused-ring (bicyclic) bond motifs is 1. The molecule has 0 N–H and O–H groups in total. The Kier molecular flexibility index (Phi) is 5.76. The van der Waals surface area contributed by atoms with Crippen molar-refractivity contribution in [2.24, 2.45) is 0 Å². The summed E-state index contributed by atoms with van der Waals surface area (Å²) in [5, 5.41) is -0.153. The first kappa shape index (κ1) is 23.0. The van der Waals surface area contributed by atoms with Crippen LogP contribution in [-0.4, -0.2) is 49.9 Å². The number of hydrogen-bond donors (Lipinski definition) is 0. The fraction of sp³-hybridized carbons (Fsp3) is 0.208. The maximum atomic E-state index is 14.1. The van der Waals surface area contributed by atoms with Gasteiger partial charge >= 0.3 is 0 Å². The zero-order valence-electron chi connectivity index (χ0n) is 17.9. The average molecular weight is 517 g/mol. The molecule has 3 aromatic carbocycles. The Balaban J connectivity index is 1.79. The van der Waals surface area contributed by atoms with Crippen molar-refractivity contribution in [2.45, 2.75) is 32.9 Å². The van der Waals surface area contributed by atoms with Crippen molar-refractivity contribution < 1.29 is 21.6 Å². The SMILES string of the molecule is O=C1CCN2C(c3ccccc3Cl)C(S(=O)(=O)c3ccccc3)C(S(=O)(=O)c3ccccc3)N12. The number of halogens is 1. The minimum Gasteiger partial charge on any atom is -0.273 e. The Labute approximate surface area is 203 Å². The van der Waals surface area contributed by atoms with Gasteiger partial charge in [0.2, 0.25) is 15.7 Å². The zero-order valence-corrected chi connectivity index (χ0v) is 20.2. The minimum atomic E-state index is -4.28. The van der Waals surface area contributed by atoms with Gasteiger partial charge in [-0.25, -0.2) is 21.8 Å². The van der Waals surface area contributed by atoms with E-state index in [4.69, 9.17) is 11.6 Å². The number of hydrazine groups is 1. The number of rotatable bonds is 5. The predicted molar refractivity (Wildman–Crippen MR) is 127 cm³/mol. The van der Waals surface area contributed by atoms with Crippen LogP contribution in [-0.2, 0) is 24.5 Å². The third-order valence-electron chi connectivity index (χ3n) is 6.29. The van der Waals surface area contributed by atoms with E-state index < -0.39 is 42.2 Å². The summed E-state index contributed by atoms with van der Waals surface area (Å²) in [5.41, 5.74) is 0.458. The second kappa shape index (κ2) is 8.49. The maximum absolute atomic E-state index is 14.1. The standard InChI is InChI=1S/C24H21ClN2O5S2/c25-20-14-8-7-13-19(20)22-23(33(29,30)17-9-3-1-4-10-17)24(27-21(28)15-16-26(22)27)34(31,32)18-11-5-2-6-12-18/h1-14,22-24H,15-16H2. The Hall–Kier alpha value is -2.72. The Bertz CT molecular complexity index is 1450. The Morgan fingerprint density at radius 1 is 0.735 bits per heavy atom. The molecular formula is C24H21ClN2O5S2. The lowest BCUT2D eigenvalue weighted by Crippen LogP contribution is -2.47. The summed E-state index contributed by atoms with van der Waals surface area (Å²) in [6, 6.07) is 21.1. The zero-order chi connectivity index (χ0) is 24.1. The third-order valence-corrected chi connectivity index (χ3v) is 11.0. The summed E-state index contributed by atoms with van der Waals surface area (Å²) < 4.78 is 56.1. The summed E-state index contributed by atoms with van der Waals surface area (Å²) in [6.45, 7) is 0.191. The first-order chi connectivity index (χ1) is 16.2. The molecule has 0 bridgehead atoms. The molecule has 2 aliphatic heterocycles. The van der Waals surface area contributed by atoms with Crippen molar-refractivity contribution in [3.05, 3.63) is 95.5 Å². The second-order valence-corrected chi connectivity index (χ2v) is 12.7. The molecule has 5 rings (SSSR count). The molecule has 2 fully saturated rings. The number of hydrogen-bond acceptors (Lipinski definition) is 6. The number of sulfone groups is 2. The van der Waals surface area contributed by atoms with Crippen molar-refractivity contribution in [3.8, 4) is 0 Å². The molecule has 10 heteroatoms. The summed E-state index contributed by atoms with van der Waals surface area (Å²) in [6.07, 6.45) is 0.0832. The van der Waals surface area contributed by atoms with Gasteiger partial charge in [0, 0.05) is 18.0 Å². The molecule has 0 radical (unpaired) electrons. The predicted octanol–water partition coefficient (Wildman–Crippen LogP) is 3.49. The van der Waals surface area contributed by atoms with Crippen LogP contribution < -0.4 is 0 Å². The van der Waals surface area contributed by atoms with E-state index in [9.17, 15) is 21.6 Å². The molecule has 0 aliphatic carbocycles. The van der Waals surface area contributed by atoms with Crippen LogP contribution in [0.1, 0.15) is 18.0 Å². The molecule has 3 aromatic rings.